The largest absolute Gasteiger partial charge is 0.465 e. The molecule has 7 heteroatoms. The second-order valence-electron chi connectivity index (χ2n) is 6.12. The van der Waals surface area contributed by atoms with Crippen LogP contribution in [0.15, 0.2) is 18.2 Å². The second kappa shape index (κ2) is 9.78. The SMILES string of the molecule is CCOC(=O)CN(CC(=O)NC(=O)Nc1ccc(C)cc1C)C(C)C. The van der Waals surface area contributed by atoms with E-state index in [1.54, 1.807) is 17.9 Å². The third-order valence-corrected chi connectivity index (χ3v) is 3.60. The van der Waals surface area contributed by atoms with E-state index < -0.39 is 17.9 Å². The molecule has 0 atom stereocenters. The zero-order chi connectivity index (χ0) is 19.0. The van der Waals surface area contributed by atoms with E-state index in [1.165, 1.54) is 0 Å². The van der Waals surface area contributed by atoms with E-state index in [0.717, 1.165) is 11.1 Å². The highest BCUT2D eigenvalue weighted by Gasteiger charge is 2.19. The highest BCUT2D eigenvalue weighted by Crippen LogP contribution is 2.15. The number of carbonyl (C=O) groups is 3. The van der Waals surface area contributed by atoms with Crippen molar-refractivity contribution >= 4 is 23.6 Å². The number of benzene rings is 1. The van der Waals surface area contributed by atoms with Gasteiger partial charge in [0.05, 0.1) is 19.7 Å². The topological polar surface area (TPSA) is 87.7 Å². The van der Waals surface area contributed by atoms with Crippen molar-refractivity contribution in [2.75, 3.05) is 25.0 Å². The standard InChI is InChI=1S/C18H27N3O4/c1-6-25-17(23)11-21(12(2)3)10-16(22)20-18(24)19-15-8-7-13(4)9-14(15)5/h7-9,12H,6,10-11H2,1-5H3,(H2,19,20,22,24). The molecule has 0 fully saturated rings. The normalized spacial score (nSPS) is 10.7. The number of nitrogens with zero attached hydrogens (tertiary/aromatic N) is 1. The van der Waals surface area contributed by atoms with Crippen LogP contribution >= 0.6 is 0 Å². The maximum Gasteiger partial charge on any atom is 0.325 e. The van der Waals surface area contributed by atoms with Gasteiger partial charge < -0.3 is 10.1 Å². The van der Waals surface area contributed by atoms with E-state index in [4.69, 9.17) is 4.74 Å². The van der Waals surface area contributed by atoms with Crippen molar-refractivity contribution in [1.82, 2.24) is 10.2 Å². The Labute approximate surface area is 148 Å². The van der Waals surface area contributed by atoms with Gasteiger partial charge in [-0.2, -0.15) is 0 Å². The Kier molecular flexibility index (Phi) is 8.07. The minimum absolute atomic E-state index is 0.00237. The lowest BCUT2D eigenvalue weighted by molar-refractivity contribution is -0.145. The summed E-state index contributed by atoms with van der Waals surface area (Å²) in [7, 11) is 0. The maximum atomic E-state index is 12.1. The summed E-state index contributed by atoms with van der Waals surface area (Å²) in [6.07, 6.45) is 0. The lowest BCUT2D eigenvalue weighted by Gasteiger charge is -2.24. The van der Waals surface area contributed by atoms with Gasteiger partial charge in [0, 0.05) is 11.7 Å². The van der Waals surface area contributed by atoms with Crippen molar-refractivity contribution < 1.29 is 19.1 Å². The molecule has 1 aromatic rings. The summed E-state index contributed by atoms with van der Waals surface area (Å²) in [6, 6.07) is 4.96. The smallest absolute Gasteiger partial charge is 0.325 e. The molecule has 0 spiro atoms. The van der Waals surface area contributed by atoms with E-state index in [0.29, 0.717) is 5.69 Å². The predicted molar refractivity (Wildman–Crippen MR) is 96.4 cm³/mol. The molecule has 0 aliphatic rings. The van der Waals surface area contributed by atoms with Crippen molar-refractivity contribution in [2.24, 2.45) is 0 Å². The molecule has 0 aromatic heterocycles. The van der Waals surface area contributed by atoms with Crippen LogP contribution in [0.1, 0.15) is 31.9 Å². The van der Waals surface area contributed by atoms with Gasteiger partial charge in [-0.15, -0.1) is 0 Å². The fourth-order valence-electron chi connectivity index (χ4n) is 2.25. The summed E-state index contributed by atoms with van der Waals surface area (Å²) >= 11 is 0. The van der Waals surface area contributed by atoms with Crippen LogP contribution in [-0.4, -0.2) is 48.5 Å². The summed E-state index contributed by atoms with van der Waals surface area (Å²) in [4.78, 5) is 37.3. The summed E-state index contributed by atoms with van der Waals surface area (Å²) in [5.74, 6) is -0.885. The molecule has 1 aromatic carbocycles. The number of esters is 1. The molecule has 3 amide bonds. The number of hydrogen-bond donors (Lipinski definition) is 2. The van der Waals surface area contributed by atoms with Gasteiger partial charge in [0.2, 0.25) is 5.91 Å². The summed E-state index contributed by atoms with van der Waals surface area (Å²) < 4.78 is 4.90. The Bertz CT molecular complexity index is 629. The van der Waals surface area contributed by atoms with Gasteiger partial charge >= 0.3 is 12.0 Å². The Morgan fingerprint density at radius 2 is 1.84 bits per heavy atom. The van der Waals surface area contributed by atoms with Gasteiger partial charge in [-0.3, -0.25) is 19.8 Å². The van der Waals surface area contributed by atoms with Crippen molar-refractivity contribution in [3.63, 3.8) is 0 Å². The quantitative estimate of drug-likeness (QED) is 0.737. The molecule has 7 nitrogen and oxygen atoms in total. The molecule has 138 valence electrons. The molecule has 0 aliphatic heterocycles. The molecule has 0 aliphatic carbocycles. The highest BCUT2D eigenvalue weighted by atomic mass is 16.5. The molecule has 1 rings (SSSR count). The zero-order valence-corrected chi connectivity index (χ0v) is 15.5. The van der Waals surface area contributed by atoms with E-state index in [9.17, 15) is 14.4 Å². The average molecular weight is 349 g/mol. The van der Waals surface area contributed by atoms with Crippen LogP contribution in [0.2, 0.25) is 0 Å². The highest BCUT2D eigenvalue weighted by molar-refractivity contribution is 6.02. The lowest BCUT2D eigenvalue weighted by Crippen LogP contribution is -2.46. The van der Waals surface area contributed by atoms with Crippen molar-refractivity contribution in [3.8, 4) is 0 Å². The van der Waals surface area contributed by atoms with Crippen LogP contribution in [0, 0.1) is 13.8 Å². The van der Waals surface area contributed by atoms with Crippen LogP contribution in [-0.2, 0) is 14.3 Å². The predicted octanol–water partition coefficient (Wildman–Crippen LogP) is 2.23. The number of urea groups is 1. The van der Waals surface area contributed by atoms with Crippen molar-refractivity contribution in [3.05, 3.63) is 29.3 Å². The Morgan fingerprint density at radius 3 is 2.40 bits per heavy atom. The fraction of sp³-hybridized carbons (Fsp3) is 0.500. The Morgan fingerprint density at radius 1 is 1.16 bits per heavy atom. The lowest BCUT2D eigenvalue weighted by atomic mass is 10.1. The molecule has 0 saturated carbocycles. The molecule has 0 radical (unpaired) electrons. The van der Waals surface area contributed by atoms with E-state index >= 15 is 0 Å². The van der Waals surface area contributed by atoms with Gasteiger partial charge in [0.1, 0.15) is 0 Å². The van der Waals surface area contributed by atoms with Gasteiger partial charge in [-0.1, -0.05) is 17.7 Å². The van der Waals surface area contributed by atoms with Gasteiger partial charge in [-0.25, -0.2) is 4.79 Å². The number of rotatable bonds is 7. The molecular weight excluding hydrogens is 322 g/mol. The molecule has 0 bridgehead atoms. The average Bonchev–Trinajstić information content (AvgIpc) is 2.49. The van der Waals surface area contributed by atoms with Gasteiger partial charge in [0.25, 0.3) is 0 Å². The van der Waals surface area contributed by atoms with E-state index in [1.807, 2.05) is 39.8 Å². The van der Waals surface area contributed by atoms with Crippen LogP contribution in [0.4, 0.5) is 10.5 Å². The number of nitrogens with one attached hydrogen (secondary N) is 2. The fourth-order valence-corrected chi connectivity index (χ4v) is 2.25. The molecule has 2 N–H and O–H groups in total. The van der Waals surface area contributed by atoms with Crippen LogP contribution < -0.4 is 10.6 Å². The molecular formula is C18H27N3O4. The Hall–Kier alpha value is -2.41. The Balaban J connectivity index is 2.58. The molecule has 25 heavy (non-hydrogen) atoms. The number of carbonyl (C=O) groups excluding carboxylic acids is 3. The first-order chi connectivity index (χ1) is 11.7. The number of hydrogen-bond acceptors (Lipinski definition) is 5. The number of anilines is 1. The second-order valence-corrected chi connectivity index (χ2v) is 6.12. The number of aryl methyl sites for hydroxylation is 2. The number of amides is 3. The van der Waals surface area contributed by atoms with Crippen molar-refractivity contribution in [1.29, 1.82) is 0 Å². The first kappa shape index (κ1) is 20.6. The molecule has 0 unspecified atom stereocenters. The summed E-state index contributed by atoms with van der Waals surface area (Å²) in [5.41, 5.74) is 2.64. The van der Waals surface area contributed by atoms with E-state index in [2.05, 4.69) is 10.6 Å². The van der Waals surface area contributed by atoms with Gasteiger partial charge in [0.15, 0.2) is 0 Å². The molecule has 0 saturated heterocycles. The third kappa shape index (κ3) is 7.34. The first-order valence-electron chi connectivity index (χ1n) is 8.30. The van der Waals surface area contributed by atoms with Crippen molar-refractivity contribution in [2.45, 2.75) is 40.7 Å². The van der Waals surface area contributed by atoms with Crippen LogP contribution in [0.5, 0.6) is 0 Å². The first-order valence-corrected chi connectivity index (χ1v) is 8.30. The van der Waals surface area contributed by atoms with Crippen LogP contribution in [0.3, 0.4) is 0 Å². The summed E-state index contributed by atoms with van der Waals surface area (Å²) in [6.45, 7) is 9.50. The van der Waals surface area contributed by atoms with Crippen LogP contribution in [0.25, 0.3) is 0 Å². The van der Waals surface area contributed by atoms with E-state index in [-0.39, 0.29) is 25.7 Å². The maximum absolute atomic E-state index is 12.1. The number of imide groups is 1. The minimum atomic E-state index is -0.600. The zero-order valence-electron chi connectivity index (χ0n) is 15.5. The summed E-state index contributed by atoms with van der Waals surface area (Å²) in [5, 5.41) is 4.93. The monoisotopic (exact) mass is 349 g/mol. The van der Waals surface area contributed by atoms with Gasteiger partial charge in [-0.05, 0) is 46.2 Å². The minimum Gasteiger partial charge on any atom is -0.465 e. The number of ether oxygens (including phenoxy) is 1. The molecule has 0 heterocycles. The third-order valence-electron chi connectivity index (χ3n) is 3.60.